The van der Waals surface area contributed by atoms with Gasteiger partial charge in [-0.1, -0.05) is 42.5 Å². The van der Waals surface area contributed by atoms with E-state index >= 15 is 0 Å². The highest BCUT2D eigenvalue weighted by molar-refractivity contribution is 6.17. The van der Waals surface area contributed by atoms with Gasteiger partial charge in [0, 0.05) is 6.42 Å². The van der Waals surface area contributed by atoms with Crippen molar-refractivity contribution >= 4 is 22.8 Å². The molecule has 0 radical (unpaired) electrons. The van der Waals surface area contributed by atoms with Crippen LogP contribution in [-0.4, -0.2) is 23.5 Å². The summed E-state index contributed by atoms with van der Waals surface area (Å²) in [6.07, 6.45) is -2.51. The summed E-state index contributed by atoms with van der Waals surface area (Å²) in [5, 5.41) is 0. The summed E-state index contributed by atoms with van der Waals surface area (Å²) in [7, 11) is 0. The van der Waals surface area contributed by atoms with E-state index in [0.717, 1.165) is 12.5 Å². The molecule has 2 nitrogen and oxygen atoms in total. The van der Waals surface area contributed by atoms with Crippen LogP contribution >= 0.6 is 0 Å². The maximum Gasteiger partial charge on any atom is 0.316 e. The first kappa shape index (κ1) is 15.5. The number of rotatable bonds is 3. The Morgan fingerprint density at radius 2 is 1.48 bits per heavy atom. The molecule has 0 saturated carbocycles. The lowest BCUT2D eigenvalue weighted by molar-refractivity contribution is -0.000221. The van der Waals surface area contributed by atoms with E-state index in [1.165, 1.54) is 0 Å². The molecule has 1 aliphatic rings. The van der Waals surface area contributed by atoms with Gasteiger partial charge in [-0.2, -0.15) is 8.78 Å². The minimum atomic E-state index is -3.63. The summed E-state index contributed by atoms with van der Waals surface area (Å²) >= 11 is 0. The second-order valence-corrected chi connectivity index (χ2v) is 5.39. The van der Waals surface area contributed by atoms with Crippen molar-refractivity contribution in [2.24, 2.45) is 9.98 Å². The van der Waals surface area contributed by atoms with Gasteiger partial charge in [-0.15, -0.1) is 0 Å². The van der Waals surface area contributed by atoms with Gasteiger partial charge in [0.25, 0.3) is 0 Å². The Morgan fingerprint density at radius 3 is 2.09 bits per heavy atom. The Labute approximate surface area is 132 Å². The molecule has 0 aromatic heterocycles. The van der Waals surface area contributed by atoms with Crippen LogP contribution in [0.3, 0.4) is 0 Å². The van der Waals surface area contributed by atoms with E-state index < -0.39 is 17.8 Å². The van der Waals surface area contributed by atoms with Gasteiger partial charge in [0.2, 0.25) is 0 Å². The first-order valence-electron chi connectivity index (χ1n) is 7.30. The molecule has 0 amide bonds. The summed E-state index contributed by atoms with van der Waals surface area (Å²) in [5.74, 6) is -3.63. The van der Waals surface area contributed by atoms with Crippen molar-refractivity contribution in [3.05, 3.63) is 60.2 Å². The van der Waals surface area contributed by atoms with Crippen molar-refractivity contribution in [1.82, 2.24) is 0 Å². The Kier molecular flexibility index (Phi) is 4.03. The van der Waals surface area contributed by atoms with Gasteiger partial charge < -0.3 is 0 Å². The third-order valence-corrected chi connectivity index (χ3v) is 3.72. The van der Waals surface area contributed by atoms with Gasteiger partial charge in [0.15, 0.2) is 6.17 Å². The van der Waals surface area contributed by atoms with E-state index in [-0.39, 0.29) is 6.42 Å². The third-order valence-electron chi connectivity index (χ3n) is 3.72. The van der Waals surface area contributed by atoms with Gasteiger partial charge in [0.1, 0.15) is 0 Å². The van der Waals surface area contributed by atoms with Crippen LogP contribution in [0.2, 0.25) is 0 Å². The van der Waals surface area contributed by atoms with Crippen LogP contribution in [0.5, 0.6) is 0 Å². The molecule has 118 valence electrons. The van der Waals surface area contributed by atoms with Crippen LogP contribution in [0.1, 0.15) is 18.9 Å². The predicted octanol–water partition coefficient (Wildman–Crippen LogP) is 5.28. The molecule has 1 atom stereocenters. The summed E-state index contributed by atoms with van der Waals surface area (Å²) in [4.78, 5) is 8.50. The molecule has 3 rings (SSSR count). The Morgan fingerprint density at radius 1 is 0.913 bits per heavy atom. The molecule has 23 heavy (non-hydrogen) atoms. The highest BCUT2D eigenvalue weighted by atomic mass is 19.3. The topological polar surface area (TPSA) is 24.7 Å². The minimum Gasteiger partial charge on any atom is -0.250 e. The molecule has 0 aliphatic carbocycles. The number of halogens is 3. The smallest absolute Gasteiger partial charge is 0.250 e. The molecule has 1 heterocycles. The average Bonchev–Trinajstić information content (AvgIpc) is 2.75. The maximum atomic E-state index is 14.2. The van der Waals surface area contributed by atoms with Crippen LogP contribution in [0, 0.1) is 0 Å². The summed E-state index contributed by atoms with van der Waals surface area (Å²) in [5.41, 5.74) is 1.51. The quantitative estimate of drug-likeness (QED) is 0.736. The molecule has 5 heteroatoms. The van der Waals surface area contributed by atoms with Crippen LogP contribution in [0.4, 0.5) is 24.5 Å². The van der Waals surface area contributed by atoms with E-state index in [1.54, 1.807) is 48.5 Å². The van der Waals surface area contributed by atoms with Crippen LogP contribution in [-0.2, 0) is 0 Å². The predicted molar refractivity (Wildman–Crippen MR) is 86.3 cm³/mol. The van der Waals surface area contributed by atoms with Crippen LogP contribution in [0.15, 0.2) is 64.6 Å². The van der Waals surface area contributed by atoms with Gasteiger partial charge >= 0.3 is 5.92 Å². The Hall–Kier alpha value is -2.43. The van der Waals surface area contributed by atoms with Crippen molar-refractivity contribution < 1.29 is 13.2 Å². The van der Waals surface area contributed by atoms with Crippen molar-refractivity contribution in [2.45, 2.75) is 25.4 Å². The highest BCUT2D eigenvalue weighted by Crippen LogP contribution is 2.36. The fourth-order valence-corrected chi connectivity index (χ4v) is 2.40. The molecule has 1 aliphatic heterocycles. The highest BCUT2D eigenvalue weighted by Gasteiger charge is 2.43. The second kappa shape index (κ2) is 5.99. The van der Waals surface area contributed by atoms with Crippen molar-refractivity contribution in [3.63, 3.8) is 0 Å². The summed E-state index contributed by atoms with van der Waals surface area (Å²) in [6.45, 7) is 0.846. The van der Waals surface area contributed by atoms with Crippen molar-refractivity contribution in [3.8, 4) is 0 Å². The minimum absolute atomic E-state index is 0.194. The van der Waals surface area contributed by atoms with E-state index in [2.05, 4.69) is 9.98 Å². The number of alkyl halides is 3. The molecular formula is C18H15F3N2. The second-order valence-electron chi connectivity index (χ2n) is 5.39. The molecule has 0 N–H and O–H groups in total. The van der Waals surface area contributed by atoms with Crippen LogP contribution in [0.25, 0.3) is 0 Å². The Balaban J connectivity index is 2.15. The first-order valence-corrected chi connectivity index (χ1v) is 7.30. The lowest BCUT2D eigenvalue weighted by atomic mass is 9.99. The van der Waals surface area contributed by atoms with Crippen molar-refractivity contribution in [1.29, 1.82) is 0 Å². The van der Waals surface area contributed by atoms with E-state index in [0.29, 0.717) is 17.1 Å². The SMILES string of the molecule is CC(F)C(F)(F)C1=Nc2ccccc2N=C(c2ccccc2)C1. The summed E-state index contributed by atoms with van der Waals surface area (Å²) < 4.78 is 41.9. The zero-order chi connectivity index (χ0) is 16.4. The number of fused-ring (bicyclic) bond motifs is 1. The van der Waals surface area contributed by atoms with Gasteiger partial charge in [-0.25, -0.2) is 9.38 Å². The van der Waals surface area contributed by atoms with Gasteiger partial charge in [0.05, 0.1) is 22.8 Å². The van der Waals surface area contributed by atoms with Gasteiger partial charge in [-0.3, -0.25) is 4.99 Å². The number of hydrogen-bond donors (Lipinski definition) is 0. The summed E-state index contributed by atoms with van der Waals surface area (Å²) in [6, 6.07) is 15.8. The molecule has 0 spiro atoms. The molecule has 0 fully saturated rings. The fraction of sp³-hybridized carbons (Fsp3) is 0.222. The molecule has 2 aromatic rings. The lowest BCUT2D eigenvalue weighted by Crippen LogP contribution is -2.38. The first-order chi connectivity index (χ1) is 11.0. The fourth-order valence-electron chi connectivity index (χ4n) is 2.40. The zero-order valence-corrected chi connectivity index (χ0v) is 12.5. The van der Waals surface area contributed by atoms with Crippen molar-refractivity contribution in [2.75, 3.05) is 0 Å². The number of benzene rings is 2. The number of aliphatic imine (C=N–C) groups is 2. The lowest BCUT2D eigenvalue weighted by Gasteiger charge is -2.20. The molecule has 0 saturated heterocycles. The molecule has 2 aromatic carbocycles. The Bertz CT molecular complexity index is 765. The maximum absolute atomic E-state index is 14.2. The number of nitrogens with zero attached hydrogens (tertiary/aromatic N) is 2. The van der Waals surface area contributed by atoms with Crippen LogP contribution < -0.4 is 0 Å². The molecule has 1 unspecified atom stereocenters. The molecule has 0 bridgehead atoms. The van der Waals surface area contributed by atoms with Gasteiger partial charge in [-0.05, 0) is 24.6 Å². The standard InChI is InChI=1S/C18H15F3N2/c1-12(19)18(20,21)17-11-16(13-7-3-2-4-8-13)22-14-9-5-6-10-15(14)23-17/h2-10,12H,11H2,1H3. The van der Waals surface area contributed by atoms with E-state index in [4.69, 9.17) is 0 Å². The normalized spacial score (nSPS) is 16.0. The van der Waals surface area contributed by atoms with E-state index in [9.17, 15) is 13.2 Å². The number of para-hydroxylation sites is 2. The molecular weight excluding hydrogens is 301 g/mol. The largest absolute Gasteiger partial charge is 0.316 e. The third kappa shape index (κ3) is 3.04. The average molecular weight is 316 g/mol. The zero-order valence-electron chi connectivity index (χ0n) is 12.5. The number of hydrogen-bond acceptors (Lipinski definition) is 2. The van der Waals surface area contributed by atoms with E-state index in [1.807, 2.05) is 6.07 Å². The monoisotopic (exact) mass is 316 g/mol.